The monoisotopic (exact) mass is 327 g/mol. The molecule has 1 aliphatic rings. The smallest absolute Gasteiger partial charge is 0.137 e. The van der Waals surface area contributed by atoms with Crippen molar-refractivity contribution in [2.24, 2.45) is 0 Å². The summed E-state index contributed by atoms with van der Waals surface area (Å²) in [5, 5.41) is 10.2. The minimum Gasteiger partial charge on any atom is -0.491 e. The summed E-state index contributed by atoms with van der Waals surface area (Å²) < 4.78 is 5.64. The molecule has 0 aromatic heterocycles. The van der Waals surface area contributed by atoms with Gasteiger partial charge in [-0.05, 0) is 31.2 Å². The molecule has 0 radical (unpaired) electrons. The average Bonchev–Trinajstić information content (AvgIpc) is 2.62. The second-order valence-corrected chi connectivity index (χ2v) is 6.55. The number of piperazine rings is 1. The first-order chi connectivity index (χ1) is 11.7. The third kappa shape index (κ3) is 4.73. The van der Waals surface area contributed by atoms with Crippen LogP contribution in [0.15, 0.2) is 54.6 Å². The van der Waals surface area contributed by atoms with Gasteiger partial charge in [-0.3, -0.25) is 0 Å². The fraction of sp³-hybridized carbons (Fsp3) is 0.400. The molecule has 0 spiro atoms. The van der Waals surface area contributed by atoms with E-state index in [0.717, 1.165) is 38.5 Å². The van der Waals surface area contributed by atoms with Gasteiger partial charge in [0.2, 0.25) is 0 Å². The van der Waals surface area contributed by atoms with E-state index in [1.165, 1.54) is 16.2 Å². The van der Waals surface area contributed by atoms with E-state index in [9.17, 15) is 5.11 Å². The average molecular weight is 327 g/mol. The van der Waals surface area contributed by atoms with Crippen LogP contribution in [-0.4, -0.2) is 50.5 Å². The summed E-state index contributed by atoms with van der Waals surface area (Å²) in [6.07, 6.45) is -0.425. The Labute approximate surface area is 144 Å². The molecule has 2 N–H and O–H groups in total. The van der Waals surface area contributed by atoms with Crippen molar-refractivity contribution in [2.45, 2.75) is 13.0 Å². The molecule has 1 heterocycles. The molecule has 1 atom stereocenters. The van der Waals surface area contributed by atoms with Crippen LogP contribution in [0.1, 0.15) is 5.56 Å². The standard InChI is InChI=1S/C20H26N2O2/c1-17-7-9-18(10-8-17)22-13-11-21(12-14-22)15-19(23)16-24-20-5-3-2-4-6-20/h2-10,19,23H,11-16H2,1H3/p+1/t19-/m1/s1. The predicted molar refractivity (Wildman–Crippen MR) is 96.9 cm³/mol. The van der Waals surface area contributed by atoms with E-state index < -0.39 is 6.10 Å². The summed E-state index contributed by atoms with van der Waals surface area (Å²) in [6.45, 7) is 7.39. The first-order valence-corrected chi connectivity index (χ1v) is 8.72. The first-order valence-electron chi connectivity index (χ1n) is 8.72. The minimum atomic E-state index is -0.425. The van der Waals surface area contributed by atoms with Crippen LogP contribution >= 0.6 is 0 Å². The molecule has 4 nitrogen and oxygen atoms in total. The Kier molecular flexibility index (Phi) is 5.72. The van der Waals surface area contributed by atoms with Crippen molar-refractivity contribution in [1.82, 2.24) is 0 Å². The first kappa shape index (κ1) is 16.8. The zero-order valence-electron chi connectivity index (χ0n) is 14.3. The number of quaternary nitrogens is 1. The van der Waals surface area contributed by atoms with E-state index in [1.54, 1.807) is 0 Å². The van der Waals surface area contributed by atoms with Gasteiger partial charge in [-0.2, -0.15) is 0 Å². The number of nitrogens with zero attached hydrogens (tertiary/aromatic N) is 1. The van der Waals surface area contributed by atoms with Crippen LogP contribution in [0.2, 0.25) is 0 Å². The van der Waals surface area contributed by atoms with Crippen molar-refractivity contribution in [1.29, 1.82) is 0 Å². The number of hydrogen-bond acceptors (Lipinski definition) is 3. The van der Waals surface area contributed by atoms with Crippen molar-refractivity contribution in [2.75, 3.05) is 44.2 Å². The summed E-state index contributed by atoms with van der Waals surface area (Å²) in [5.41, 5.74) is 2.59. The van der Waals surface area contributed by atoms with Gasteiger partial charge in [0.25, 0.3) is 0 Å². The molecule has 0 unspecified atom stereocenters. The maximum Gasteiger partial charge on any atom is 0.137 e. The molecule has 128 valence electrons. The van der Waals surface area contributed by atoms with E-state index in [-0.39, 0.29) is 0 Å². The Morgan fingerprint density at radius 3 is 2.38 bits per heavy atom. The molecule has 1 saturated heterocycles. The number of rotatable bonds is 6. The molecule has 3 rings (SSSR count). The zero-order valence-corrected chi connectivity index (χ0v) is 14.3. The number of aliphatic hydroxyl groups is 1. The van der Waals surface area contributed by atoms with Gasteiger partial charge < -0.3 is 19.6 Å². The second kappa shape index (κ2) is 8.18. The van der Waals surface area contributed by atoms with Gasteiger partial charge in [0.15, 0.2) is 0 Å². The lowest BCUT2D eigenvalue weighted by atomic mass is 10.2. The highest BCUT2D eigenvalue weighted by molar-refractivity contribution is 5.47. The van der Waals surface area contributed by atoms with Crippen LogP contribution in [0.3, 0.4) is 0 Å². The molecular formula is C20H27N2O2+. The Morgan fingerprint density at radius 1 is 1.04 bits per heavy atom. The maximum atomic E-state index is 10.2. The SMILES string of the molecule is Cc1ccc(N2CC[NH+](C[C@@H](O)COc3ccccc3)CC2)cc1. The number of para-hydroxylation sites is 1. The number of hydrogen-bond donors (Lipinski definition) is 2. The number of nitrogens with one attached hydrogen (secondary N) is 1. The summed E-state index contributed by atoms with van der Waals surface area (Å²) in [5.74, 6) is 0.816. The normalized spacial score (nSPS) is 16.8. The zero-order chi connectivity index (χ0) is 16.8. The Bertz CT molecular complexity index is 607. The lowest BCUT2D eigenvalue weighted by Crippen LogP contribution is -3.16. The van der Waals surface area contributed by atoms with Crippen LogP contribution in [0.5, 0.6) is 5.75 Å². The third-order valence-corrected chi connectivity index (χ3v) is 4.58. The summed E-state index contributed by atoms with van der Waals surface area (Å²) in [7, 11) is 0. The fourth-order valence-corrected chi connectivity index (χ4v) is 3.14. The fourth-order valence-electron chi connectivity index (χ4n) is 3.14. The van der Waals surface area contributed by atoms with Gasteiger partial charge in [-0.1, -0.05) is 35.9 Å². The van der Waals surface area contributed by atoms with Crippen molar-refractivity contribution in [3.63, 3.8) is 0 Å². The molecule has 4 heteroatoms. The molecule has 2 aromatic carbocycles. The van der Waals surface area contributed by atoms with Gasteiger partial charge in [-0.15, -0.1) is 0 Å². The van der Waals surface area contributed by atoms with Gasteiger partial charge in [0.05, 0.1) is 26.2 Å². The Balaban J connectivity index is 1.41. The van der Waals surface area contributed by atoms with Gasteiger partial charge in [-0.25, -0.2) is 0 Å². The van der Waals surface area contributed by atoms with Crippen LogP contribution in [0, 0.1) is 6.92 Å². The Morgan fingerprint density at radius 2 is 1.71 bits per heavy atom. The molecule has 0 saturated carbocycles. The highest BCUT2D eigenvalue weighted by Gasteiger charge is 2.22. The number of aryl methyl sites for hydroxylation is 1. The van der Waals surface area contributed by atoms with E-state index >= 15 is 0 Å². The predicted octanol–water partition coefficient (Wildman–Crippen LogP) is 1.14. The number of anilines is 1. The lowest BCUT2D eigenvalue weighted by Gasteiger charge is -2.34. The number of benzene rings is 2. The summed E-state index contributed by atoms with van der Waals surface area (Å²) in [4.78, 5) is 3.87. The van der Waals surface area contributed by atoms with E-state index in [2.05, 4.69) is 36.1 Å². The second-order valence-electron chi connectivity index (χ2n) is 6.55. The highest BCUT2D eigenvalue weighted by Crippen LogP contribution is 2.14. The van der Waals surface area contributed by atoms with Gasteiger partial charge >= 0.3 is 0 Å². The largest absolute Gasteiger partial charge is 0.491 e. The van der Waals surface area contributed by atoms with Crippen molar-refractivity contribution >= 4 is 5.69 Å². The van der Waals surface area contributed by atoms with Crippen LogP contribution in [-0.2, 0) is 0 Å². The molecule has 24 heavy (non-hydrogen) atoms. The molecule has 0 amide bonds. The molecule has 2 aromatic rings. The van der Waals surface area contributed by atoms with Crippen LogP contribution in [0.25, 0.3) is 0 Å². The van der Waals surface area contributed by atoms with Crippen molar-refractivity contribution < 1.29 is 14.7 Å². The van der Waals surface area contributed by atoms with Gasteiger partial charge in [0, 0.05) is 5.69 Å². The molecular weight excluding hydrogens is 300 g/mol. The number of aliphatic hydroxyl groups excluding tert-OH is 1. The molecule has 1 fully saturated rings. The van der Waals surface area contributed by atoms with Crippen molar-refractivity contribution in [3.8, 4) is 5.75 Å². The van der Waals surface area contributed by atoms with Crippen molar-refractivity contribution in [3.05, 3.63) is 60.2 Å². The third-order valence-electron chi connectivity index (χ3n) is 4.58. The van der Waals surface area contributed by atoms with Gasteiger partial charge in [0.1, 0.15) is 25.0 Å². The minimum absolute atomic E-state index is 0.356. The quantitative estimate of drug-likeness (QED) is 0.835. The number of ether oxygens (including phenoxy) is 1. The maximum absolute atomic E-state index is 10.2. The van der Waals surface area contributed by atoms with E-state index in [0.29, 0.717) is 6.61 Å². The lowest BCUT2D eigenvalue weighted by molar-refractivity contribution is -0.903. The summed E-state index contributed by atoms with van der Waals surface area (Å²) in [6, 6.07) is 18.4. The molecule has 1 aliphatic heterocycles. The molecule has 0 aliphatic carbocycles. The van der Waals surface area contributed by atoms with E-state index in [1.807, 2.05) is 30.3 Å². The molecule has 0 bridgehead atoms. The topological polar surface area (TPSA) is 37.1 Å². The van der Waals surface area contributed by atoms with E-state index in [4.69, 9.17) is 4.74 Å². The Hall–Kier alpha value is -2.04. The van der Waals surface area contributed by atoms with Crippen LogP contribution < -0.4 is 14.5 Å². The summed E-state index contributed by atoms with van der Waals surface area (Å²) >= 11 is 0. The highest BCUT2D eigenvalue weighted by atomic mass is 16.5. The van der Waals surface area contributed by atoms with Crippen LogP contribution in [0.4, 0.5) is 5.69 Å².